The van der Waals surface area contributed by atoms with Crippen LogP contribution in [0.1, 0.15) is 12.8 Å². The number of carbonyl (C=O) groups excluding carboxylic acids is 1. The first-order valence-corrected chi connectivity index (χ1v) is 8.27. The molecule has 3 heterocycles. The highest BCUT2D eigenvalue weighted by Crippen LogP contribution is 2.26. The minimum atomic E-state index is -0.990. The first-order valence-electron chi connectivity index (χ1n) is 8.27. The van der Waals surface area contributed by atoms with Gasteiger partial charge in [-0.1, -0.05) is 0 Å². The van der Waals surface area contributed by atoms with E-state index in [2.05, 4.69) is 25.3 Å². The van der Waals surface area contributed by atoms with Crippen LogP contribution in [0.2, 0.25) is 0 Å². The number of aromatic amines is 1. The lowest BCUT2D eigenvalue weighted by Gasteiger charge is -2.32. The van der Waals surface area contributed by atoms with E-state index in [4.69, 9.17) is 0 Å². The van der Waals surface area contributed by atoms with Crippen LogP contribution in [0.4, 0.5) is 20.3 Å². The second kappa shape index (κ2) is 6.66. The number of benzene rings is 1. The van der Waals surface area contributed by atoms with Gasteiger partial charge in [0.2, 0.25) is 5.91 Å². The first-order chi connectivity index (χ1) is 12.6. The number of halogens is 2. The second-order valence-electron chi connectivity index (χ2n) is 6.20. The molecule has 1 saturated heterocycles. The summed E-state index contributed by atoms with van der Waals surface area (Å²) in [6, 6.07) is 3.32. The van der Waals surface area contributed by atoms with Crippen molar-refractivity contribution < 1.29 is 13.6 Å². The van der Waals surface area contributed by atoms with Crippen molar-refractivity contribution in [3.63, 3.8) is 0 Å². The summed E-state index contributed by atoms with van der Waals surface area (Å²) in [6.45, 7) is 1.24. The Morgan fingerprint density at radius 2 is 2.12 bits per heavy atom. The van der Waals surface area contributed by atoms with E-state index in [0.717, 1.165) is 30.6 Å². The third kappa shape index (κ3) is 3.07. The van der Waals surface area contributed by atoms with Gasteiger partial charge in [-0.15, -0.1) is 0 Å². The molecule has 0 bridgehead atoms. The van der Waals surface area contributed by atoms with Gasteiger partial charge in [0.15, 0.2) is 23.1 Å². The lowest BCUT2D eigenvalue weighted by Crippen LogP contribution is -2.41. The van der Waals surface area contributed by atoms with E-state index in [1.807, 2.05) is 4.90 Å². The fraction of sp³-hybridized carbons (Fsp3) is 0.294. The number of amides is 1. The van der Waals surface area contributed by atoms with Gasteiger partial charge in [-0.25, -0.2) is 23.7 Å². The first kappa shape index (κ1) is 16.4. The molecule has 1 unspecified atom stereocenters. The van der Waals surface area contributed by atoms with Crippen LogP contribution in [0, 0.1) is 17.6 Å². The number of H-pyrrole nitrogens is 1. The van der Waals surface area contributed by atoms with E-state index >= 15 is 0 Å². The van der Waals surface area contributed by atoms with Gasteiger partial charge in [-0.2, -0.15) is 0 Å². The number of hydrogen-bond donors (Lipinski definition) is 2. The maximum atomic E-state index is 13.3. The predicted molar refractivity (Wildman–Crippen MR) is 91.6 cm³/mol. The third-order valence-corrected chi connectivity index (χ3v) is 4.48. The number of aromatic nitrogens is 4. The summed E-state index contributed by atoms with van der Waals surface area (Å²) < 4.78 is 26.3. The monoisotopic (exact) mass is 358 g/mol. The molecule has 7 nitrogen and oxygen atoms in total. The Kier molecular flexibility index (Phi) is 4.19. The van der Waals surface area contributed by atoms with Crippen LogP contribution < -0.4 is 10.2 Å². The average Bonchev–Trinajstić information content (AvgIpc) is 3.13. The predicted octanol–water partition coefficient (Wildman–Crippen LogP) is 2.49. The summed E-state index contributed by atoms with van der Waals surface area (Å²) in [7, 11) is 0. The average molecular weight is 358 g/mol. The number of fused-ring (bicyclic) bond motifs is 1. The molecule has 1 aliphatic heterocycles. The van der Waals surface area contributed by atoms with E-state index in [9.17, 15) is 13.6 Å². The topological polar surface area (TPSA) is 86.8 Å². The van der Waals surface area contributed by atoms with E-state index < -0.39 is 11.6 Å². The molecule has 1 amide bonds. The second-order valence-corrected chi connectivity index (χ2v) is 6.20. The Balaban J connectivity index is 1.50. The van der Waals surface area contributed by atoms with Crippen LogP contribution in [0.3, 0.4) is 0 Å². The summed E-state index contributed by atoms with van der Waals surface area (Å²) in [5.74, 6) is -1.74. The Morgan fingerprint density at radius 1 is 1.23 bits per heavy atom. The normalized spacial score (nSPS) is 17.5. The van der Waals surface area contributed by atoms with Crippen molar-refractivity contribution in [3.8, 4) is 0 Å². The lowest BCUT2D eigenvalue weighted by atomic mass is 9.97. The van der Waals surface area contributed by atoms with Crippen LogP contribution in [0.5, 0.6) is 0 Å². The zero-order chi connectivity index (χ0) is 18.1. The number of nitrogens with zero attached hydrogens (tertiary/aromatic N) is 4. The quantitative estimate of drug-likeness (QED) is 0.751. The van der Waals surface area contributed by atoms with E-state index in [1.54, 1.807) is 6.33 Å². The van der Waals surface area contributed by atoms with Crippen LogP contribution in [-0.2, 0) is 4.79 Å². The molecule has 1 aliphatic rings. The summed E-state index contributed by atoms with van der Waals surface area (Å²) >= 11 is 0. The van der Waals surface area contributed by atoms with Crippen molar-refractivity contribution in [1.29, 1.82) is 0 Å². The van der Waals surface area contributed by atoms with Gasteiger partial charge in [0.05, 0.1) is 12.2 Å². The maximum absolute atomic E-state index is 13.3. The Morgan fingerprint density at radius 3 is 2.96 bits per heavy atom. The molecule has 0 aliphatic carbocycles. The van der Waals surface area contributed by atoms with Gasteiger partial charge in [0.25, 0.3) is 0 Å². The number of piperidine rings is 1. The van der Waals surface area contributed by atoms with Crippen LogP contribution in [0.15, 0.2) is 30.9 Å². The summed E-state index contributed by atoms with van der Waals surface area (Å²) in [4.78, 5) is 30.1. The fourth-order valence-electron chi connectivity index (χ4n) is 3.19. The van der Waals surface area contributed by atoms with E-state index in [-0.39, 0.29) is 17.5 Å². The van der Waals surface area contributed by atoms with Crippen LogP contribution in [0.25, 0.3) is 11.2 Å². The van der Waals surface area contributed by atoms with Crippen molar-refractivity contribution in [1.82, 2.24) is 19.9 Å². The minimum absolute atomic E-state index is 0.226. The highest BCUT2D eigenvalue weighted by atomic mass is 19.2. The number of carbonyl (C=O) groups is 1. The number of hydrogen-bond acceptors (Lipinski definition) is 5. The largest absolute Gasteiger partial charge is 0.354 e. The highest BCUT2D eigenvalue weighted by Gasteiger charge is 2.28. The van der Waals surface area contributed by atoms with Crippen LogP contribution >= 0.6 is 0 Å². The molecule has 1 fully saturated rings. The molecule has 9 heteroatoms. The zero-order valence-electron chi connectivity index (χ0n) is 13.7. The zero-order valence-corrected chi connectivity index (χ0v) is 13.7. The molecule has 0 spiro atoms. The smallest absolute Gasteiger partial charge is 0.229 e. The van der Waals surface area contributed by atoms with E-state index in [0.29, 0.717) is 24.4 Å². The lowest BCUT2D eigenvalue weighted by molar-refractivity contribution is -0.120. The molecule has 0 radical (unpaired) electrons. The molecule has 1 atom stereocenters. The number of nitrogens with one attached hydrogen (secondary N) is 2. The van der Waals surface area contributed by atoms with Gasteiger partial charge < -0.3 is 15.2 Å². The minimum Gasteiger partial charge on any atom is -0.354 e. The Hall–Kier alpha value is -3.10. The van der Waals surface area contributed by atoms with Crippen molar-refractivity contribution in [2.75, 3.05) is 23.3 Å². The molecular formula is C17H16F2N6O. The Labute approximate surface area is 147 Å². The van der Waals surface area contributed by atoms with Gasteiger partial charge >= 0.3 is 0 Å². The highest BCUT2D eigenvalue weighted by molar-refractivity contribution is 5.93. The van der Waals surface area contributed by atoms with E-state index in [1.165, 1.54) is 12.4 Å². The molecule has 4 rings (SSSR count). The van der Waals surface area contributed by atoms with Gasteiger partial charge in [-0.05, 0) is 25.0 Å². The number of imidazole rings is 1. The molecule has 2 aromatic heterocycles. The molecular weight excluding hydrogens is 342 g/mol. The van der Waals surface area contributed by atoms with Crippen molar-refractivity contribution in [2.45, 2.75) is 12.8 Å². The summed E-state index contributed by atoms with van der Waals surface area (Å²) in [6.07, 6.45) is 4.53. The Bertz CT molecular complexity index is 959. The number of rotatable bonds is 3. The molecule has 3 aromatic rings. The molecule has 134 valence electrons. The van der Waals surface area contributed by atoms with Gasteiger partial charge in [0.1, 0.15) is 11.8 Å². The standard InChI is InChI=1S/C17H16F2N6O/c18-12-4-3-11(6-13(12)19)24-17(26)10-2-1-5-25(7-10)16-14-15(21-8-20-14)22-9-23-16/h3-4,6,8-10H,1-2,5,7H2,(H,24,26)(H,20,21,22,23). The van der Waals surface area contributed by atoms with Crippen molar-refractivity contribution >= 4 is 28.6 Å². The molecule has 1 aromatic carbocycles. The maximum Gasteiger partial charge on any atom is 0.229 e. The molecule has 26 heavy (non-hydrogen) atoms. The fourth-order valence-corrected chi connectivity index (χ4v) is 3.19. The van der Waals surface area contributed by atoms with Crippen LogP contribution in [-0.4, -0.2) is 38.9 Å². The SMILES string of the molecule is O=C(Nc1ccc(F)c(F)c1)C1CCCN(c2ncnc3nc[nH]c23)C1. The van der Waals surface area contributed by atoms with Crippen molar-refractivity contribution in [3.05, 3.63) is 42.5 Å². The number of anilines is 2. The van der Waals surface area contributed by atoms with Gasteiger partial charge in [-0.3, -0.25) is 4.79 Å². The molecule has 0 saturated carbocycles. The summed E-state index contributed by atoms with van der Waals surface area (Å²) in [5.41, 5.74) is 1.54. The van der Waals surface area contributed by atoms with Crippen molar-refractivity contribution in [2.24, 2.45) is 5.92 Å². The summed E-state index contributed by atoms with van der Waals surface area (Å²) in [5, 5.41) is 2.66. The molecule has 2 N–H and O–H groups in total. The van der Waals surface area contributed by atoms with Gasteiger partial charge in [0, 0.05) is 24.8 Å². The third-order valence-electron chi connectivity index (χ3n) is 4.48.